The van der Waals surface area contributed by atoms with Crippen LogP contribution in [0.2, 0.25) is 0 Å². The molecule has 0 bridgehead atoms. The van der Waals surface area contributed by atoms with Crippen LogP contribution in [0.15, 0.2) is 16.7 Å². The molecule has 0 spiro atoms. The topological polar surface area (TPSA) is 85.3 Å². The minimum Gasteiger partial charge on any atom is -0.469 e. The van der Waals surface area contributed by atoms with Crippen LogP contribution in [0.4, 0.5) is 0 Å². The molecule has 1 atom stereocenters. The van der Waals surface area contributed by atoms with E-state index in [9.17, 15) is 8.42 Å². The van der Waals surface area contributed by atoms with Gasteiger partial charge in [-0.1, -0.05) is 0 Å². The van der Waals surface area contributed by atoms with Crippen molar-refractivity contribution in [2.24, 2.45) is 5.84 Å². The van der Waals surface area contributed by atoms with Crippen LogP contribution in [-0.4, -0.2) is 20.4 Å². The monoisotopic (exact) mass is 246 g/mol. The van der Waals surface area contributed by atoms with E-state index in [0.29, 0.717) is 12.8 Å². The SMILES string of the molecule is Cc1occc1C(CCCS(C)(=O)=O)NN. The zero-order valence-corrected chi connectivity index (χ0v) is 10.4. The van der Waals surface area contributed by atoms with E-state index in [1.54, 1.807) is 6.26 Å². The lowest BCUT2D eigenvalue weighted by Gasteiger charge is -2.14. The molecule has 3 N–H and O–H groups in total. The largest absolute Gasteiger partial charge is 0.469 e. The summed E-state index contributed by atoms with van der Waals surface area (Å²) in [6, 6.07) is 1.79. The minimum atomic E-state index is -2.90. The molecule has 0 saturated carbocycles. The van der Waals surface area contributed by atoms with Crippen LogP contribution in [0.25, 0.3) is 0 Å². The van der Waals surface area contributed by atoms with E-state index in [-0.39, 0.29) is 11.8 Å². The molecule has 0 fully saturated rings. The number of hydrogen-bond acceptors (Lipinski definition) is 5. The zero-order chi connectivity index (χ0) is 12.2. The summed E-state index contributed by atoms with van der Waals surface area (Å²) in [5.74, 6) is 6.43. The van der Waals surface area contributed by atoms with E-state index >= 15 is 0 Å². The van der Waals surface area contributed by atoms with Crippen molar-refractivity contribution in [3.63, 3.8) is 0 Å². The Bertz CT molecular complexity index is 425. The number of aryl methyl sites for hydroxylation is 1. The second-order valence-electron chi connectivity index (χ2n) is 3.92. The Hall–Kier alpha value is -0.850. The predicted molar refractivity (Wildman–Crippen MR) is 62.5 cm³/mol. The summed E-state index contributed by atoms with van der Waals surface area (Å²) in [5, 5.41) is 0. The van der Waals surface area contributed by atoms with Gasteiger partial charge in [0.05, 0.1) is 6.26 Å². The maximum Gasteiger partial charge on any atom is 0.147 e. The summed E-state index contributed by atoms with van der Waals surface area (Å²) in [7, 11) is -2.90. The molecule has 0 aliphatic carbocycles. The number of hydrazine groups is 1. The molecule has 1 aromatic rings. The van der Waals surface area contributed by atoms with Gasteiger partial charge in [-0.15, -0.1) is 0 Å². The van der Waals surface area contributed by atoms with E-state index < -0.39 is 9.84 Å². The summed E-state index contributed by atoms with van der Waals surface area (Å²) in [6.07, 6.45) is 4.09. The second kappa shape index (κ2) is 5.47. The first-order chi connectivity index (χ1) is 7.44. The number of nitrogens with two attached hydrogens (primary N) is 1. The smallest absolute Gasteiger partial charge is 0.147 e. The Labute approximate surface area is 95.9 Å². The number of furan rings is 1. The summed E-state index contributed by atoms with van der Waals surface area (Å²) in [5.41, 5.74) is 3.66. The lowest BCUT2D eigenvalue weighted by atomic mass is 10.0. The molecule has 0 saturated heterocycles. The van der Waals surface area contributed by atoms with Crippen molar-refractivity contribution in [3.05, 3.63) is 23.7 Å². The van der Waals surface area contributed by atoms with Gasteiger partial charge in [-0.2, -0.15) is 0 Å². The number of nitrogens with one attached hydrogen (secondary N) is 1. The molecular weight excluding hydrogens is 228 g/mol. The fourth-order valence-corrected chi connectivity index (χ4v) is 2.33. The quantitative estimate of drug-likeness (QED) is 0.576. The second-order valence-corrected chi connectivity index (χ2v) is 6.18. The van der Waals surface area contributed by atoms with Crippen molar-refractivity contribution in [2.45, 2.75) is 25.8 Å². The Morgan fingerprint density at radius 3 is 2.69 bits per heavy atom. The highest BCUT2D eigenvalue weighted by atomic mass is 32.2. The zero-order valence-electron chi connectivity index (χ0n) is 9.56. The van der Waals surface area contributed by atoms with Gasteiger partial charge in [0.25, 0.3) is 0 Å². The predicted octanol–water partition coefficient (Wildman–Crippen LogP) is 0.917. The molecule has 1 rings (SSSR count). The summed E-state index contributed by atoms with van der Waals surface area (Å²) >= 11 is 0. The molecule has 1 heterocycles. The van der Waals surface area contributed by atoms with Crippen LogP contribution in [0.3, 0.4) is 0 Å². The molecule has 0 radical (unpaired) electrons. The molecule has 0 aromatic carbocycles. The highest BCUT2D eigenvalue weighted by Crippen LogP contribution is 2.22. The highest BCUT2D eigenvalue weighted by molar-refractivity contribution is 7.90. The van der Waals surface area contributed by atoms with Crippen LogP contribution in [0.5, 0.6) is 0 Å². The van der Waals surface area contributed by atoms with Gasteiger partial charge in [0.1, 0.15) is 15.6 Å². The van der Waals surface area contributed by atoms with Crippen molar-refractivity contribution < 1.29 is 12.8 Å². The van der Waals surface area contributed by atoms with E-state index in [0.717, 1.165) is 11.3 Å². The van der Waals surface area contributed by atoms with Gasteiger partial charge in [-0.25, -0.2) is 8.42 Å². The molecule has 6 heteroatoms. The Balaban J connectivity index is 2.54. The molecule has 0 aliphatic heterocycles. The van der Waals surface area contributed by atoms with Crippen LogP contribution in [0.1, 0.15) is 30.2 Å². The highest BCUT2D eigenvalue weighted by Gasteiger charge is 2.14. The fraction of sp³-hybridized carbons (Fsp3) is 0.600. The van der Waals surface area contributed by atoms with Crippen molar-refractivity contribution in [3.8, 4) is 0 Å². The Morgan fingerprint density at radius 2 is 2.25 bits per heavy atom. The van der Waals surface area contributed by atoms with Crippen LogP contribution >= 0.6 is 0 Å². The van der Waals surface area contributed by atoms with E-state index in [4.69, 9.17) is 10.3 Å². The normalized spacial score (nSPS) is 13.9. The maximum absolute atomic E-state index is 11.0. The first kappa shape index (κ1) is 13.2. The lowest BCUT2D eigenvalue weighted by Crippen LogP contribution is -2.28. The van der Waals surface area contributed by atoms with Gasteiger partial charge < -0.3 is 4.42 Å². The third kappa shape index (κ3) is 3.96. The average molecular weight is 246 g/mol. The molecule has 16 heavy (non-hydrogen) atoms. The van der Waals surface area contributed by atoms with Crippen molar-refractivity contribution >= 4 is 9.84 Å². The first-order valence-corrected chi connectivity index (χ1v) is 7.18. The number of sulfone groups is 1. The van der Waals surface area contributed by atoms with Crippen molar-refractivity contribution in [2.75, 3.05) is 12.0 Å². The van der Waals surface area contributed by atoms with E-state index in [2.05, 4.69) is 5.43 Å². The first-order valence-electron chi connectivity index (χ1n) is 5.12. The standard InChI is InChI=1S/C10H18N2O3S/c1-8-9(5-6-15-8)10(12-11)4-3-7-16(2,13)14/h5-6,10,12H,3-4,7,11H2,1-2H3. The van der Waals surface area contributed by atoms with Gasteiger partial charge in [0, 0.05) is 23.6 Å². The van der Waals surface area contributed by atoms with Crippen LogP contribution in [-0.2, 0) is 9.84 Å². The third-order valence-corrected chi connectivity index (χ3v) is 3.51. The third-order valence-electron chi connectivity index (χ3n) is 2.48. The van der Waals surface area contributed by atoms with Gasteiger partial charge >= 0.3 is 0 Å². The van der Waals surface area contributed by atoms with Crippen LogP contribution < -0.4 is 11.3 Å². The van der Waals surface area contributed by atoms with Crippen molar-refractivity contribution in [1.82, 2.24) is 5.43 Å². The minimum absolute atomic E-state index is 0.0551. The van der Waals surface area contributed by atoms with Gasteiger partial charge in [0.2, 0.25) is 0 Å². The van der Waals surface area contributed by atoms with Crippen molar-refractivity contribution in [1.29, 1.82) is 0 Å². The number of hydrogen-bond donors (Lipinski definition) is 2. The average Bonchev–Trinajstić information content (AvgIpc) is 2.58. The molecule has 0 amide bonds. The maximum atomic E-state index is 11.0. The molecule has 1 aromatic heterocycles. The Kier molecular flexibility index (Phi) is 4.52. The lowest BCUT2D eigenvalue weighted by molar-refractivity contribution is 0.481. The van der Waals surface area contributed by atoms with E-state index in [1.807, 2.05) is 13.0 Å². The molecular formula is C10H18N2O3S. The summed E-state index contributed by atoms with van der Waals surface area (Å²) < 4.78 is 27.1. The fourth-order valence-electron chi connectivity index (χ4n) is 1.63. The van der Waals surface area contributed by atoms with Crippen LogP contribution in [0, 0.1) is 6.92 Å². The van der Waals surface area contributed by atoms with Gasteiger partial charge in [-0.05, 0) is 25.8 Å². The van der Waals surface area contributed by atoms with Gasteiger partial charge in [0.15, 0.2) is 0 Å². The van der Waals surface area contributed by atoms with Gasteiger partial charge in [-0.3, -0.25) is 11.3 Å². The molecule has 1 unspecified atom stereocenters. The summed E-state index contributed by atoms with van der Waals surface area (Å²) in [4.78, 5) is 0. The van der Waals surface area contributed by atoms with E-state index in [1.165, 1.54) is 6.26 Å². The number of rotatable bonds is 6. The molecule has 0 aliphatic rings. The molecule has 92 valence electrons. The summed E-state index contributed by atoms with van der Waals surface area (Å²) in [6.45, 7) is 1.86. The molecule has 5 nitrogen and oxygen atoms in total. The Morgan fingerprint density at radius 1 is 1.56 bits per heavy atom.